The first-order valence-corrected chi connectivity index (χ1v) is 3.59. The topological polar surface area (TPSA) is 49.8 Å². The average molecular weight is 188 g/mol. The summed E-state index contributed by atoms with van der Waals surface area (Å²) in [4.78, 5) is 0. The Morgan fingerprint density at radius 2 is 2.15 bits per heavy atom. The lowest BCUT2D eigenvalue weighted by atomic mass is 9.91. The van der Waals surface area contributed by atoms with E-state index in [-0.39, 0.29) is 12.1 Å². The monoisotopic (exact) mass is 188 g/mol. The van der Waals surface area contributed by atoms with E-state index >= 15 is 0 Å². The van der Waals surface area contributed by atoms with Crippen molar-refractivity contribution < 1.29 is 13.2 Å². The van der Waals surface area contributed by atoms with Gasteiger partial charge in [-0.15, -0.1) is 0 Å². The average Bonchev–Trinajstić information content (AvgIpc) is 2.03. The SMILES string of the molecule is N#CC1CC=C(N)C=C1C(F)(F)F. The molecule has 0 aromatic rings. The van der Waals surface area contributed by atoms with Crippen LogP contribution in [0.2, 0.25) is 0 Å². The van der Waals surface area contributed by atoms with E-state index in [1.165, 1.54) is 6.08 Å². The largest absolute Gasteiger partial charge is 0.414 e. The van der Waals surface area contributed by atoms with Gasteiger partial charge in [0.1, 0.15) is 0 Å². The molecule has 0 amide bonds. The second kappa shape index (κ2) is 3.13. The lowest BCUT2D eigenvalue weighted by molar-refractivity contribution is -0.0971. The summed E-state index contributed by atoms with van der Waals surface area (Å²) >= 11 is 0. The lowest BCUT2D eigenvalue weighted by Gasteiger charge is -2.19. The number of nitrogens with two attached hydrogens (primary N) is 1. The molecule has 0 bridgehead atoms. The third kappa shape index (κ3) is 2.02. The molecule has 0 radical (unpaired) electrons. The zero-order valence-electron chi connectivity index (χ0n) is 6.60. The summed E-state index contributed by atoms with van der Waals surface area (Å²) in [6, 6.07) is 1.59. The van der Waals surface area contributed by atoms with E-state index in [1.54, 1.807) is 6.07 Å². The smallest absolute Gasteiger partial charge is 0.399 e. The van der Waals surface area contributed by atoms with Crippen LogP contribution in [0, 0.1) is 17.2 Å². The number of halogens is 3. The maximum Gasteiger partial charge on any atom is 0.414 e. The highest BCUT2D eigenvalue weighted by Crippen LogP contribution is 2.35. The van der Waals surface area contributed by atoms with Crippen LogP contribution in [0.3, 0.4) is 0 Å². The third-order valence-corrected chi connectivity index (χ3v) is 1.77. The summed E-state index contributed by atoms with van der Waals surface area (Å²) in [5.74, 6) is -1.12. The van der Waals surface area contributed by atoms with Crippen LogP contribution in [0.1, 0.15) is 6.42 Å². The minimum absolute atomic E-state index is 0.0354. The number of nitriles is 1. The van der Waals surface area contributed by atoms with Crippen LogP contribution in [0.25, 0.3) is 0 Å². The van der Waals surface area contributed by atoms with E-state index in [0.717, 1.165) is 6.08 Å². The van der Waals surface area contributed by atoms with Gasteiger partial charge in [0.25, 0.3) is 0 Å². The fraction of sp³-hybridized carbons (Fsp3) is 0.375. The maximum atomic E-state index is 12.2. The number of alkyl halides is 3. The highest BCUT2D eigenvalue weighted by Gasteiger charge is 2.39. The van der Waals surface area contributed by atoms with Gasteiger partial charge in [-0.3, -0.25) is 0 Å². The van der Waals surface area contributed by atoms with Crippen molar-refractivity contribution in [3.05, 3.63) is 23.4 Å². The minimum Gasteiger partial charge on any atom is -0.399 e. The van der Waals surface area contributed by atoms with Gasteiger partial charge in [-0.05, 0) is 12.5 Å². The van der Waals surface area contributed by atoms with Gasteiger partial charge in [0, 0.05) is 5.70 Å². The number of allylic oxidation sites excluding steroid dienone is 3. The maximum absolute atomic E-state index is 12.2. The van der Waals surface area contributed by atoms with Crippen molar-refractivity contribution in [2.75, 3.05) is 0 Å². The number of hydrogen-bond donors (Lipinski definition) is 1. The van der Waals surface area contributed by atoms with Crippen LogP contribution >= 0.6 is 0 Å². The van der Waals surface area contributed by atoms with Crippen molar-refractivity contribution in [2.45, 2.75) is 12.6 Å². The highest BCUT2D eigenvalue weighted by atomic mass is 19.4. The predicted octanol–water partition coefficient (Wildman–Crippen LogP) is 1.86. The van der Waals surface area contributed by atoms with E-state index in [1.807, 2.05) is 0 Å². The van der Waals surface area contributed by atoms with Crippen molar-refractivity contribution in [1.82, 2.24) is 0 Å². The molecule has 1 rings (SSSR count). The first-order valence-electron chi connectivity index (χ1n) is 3.59. The van der Waals surface area contributed by atoms with Crippen molar-refractivity contribution in [2.24, 2.45) is 11.7 Å². The highest BCUT2D eigenvalue weighted by molar-refractivity contribution is 5.33. The second-order valence-electron chi connectivity index (χ2n) is 2.72. The Bertz CT molecular complexity index is 306. The molecule has 0 aromatic carbocycles. The Labute approximate surface area is 73.1 Å². The van der Waals surface area contributed by atoms with Crippen molar-refractivity contribution >= 4 is 0 Å². The molecule has 2 nitrogen and oxygen atoms in total. The van der Waals surface area contributed by atoms with E-state index in [0.29, 0.717) is 0 Å². The fourth-order valence-electron chi connectivity index (χ4n) is 1.12. The molecule has 1 unspecified atom stereocenters. The molecule has 0 aliphatic heterocycles. The fourth-order valence-corrected chi connectivity index (χ4v) is 1.12. The summed E-state index contributed by atoms with van der Waals surface area (Å²) in [5.41, 5.74) is 4.43. The molecule has 0 aromatic heterocycles. The zero-order chi connectivity index (χ0) is 10.1. The van der Waals surface area contributed by atoms with Crippen LogP contribution in [0.4, 0.5) is 13.2 Å². The first-order chi connectivity index (χ1) is 5.95. The van der Waals surface area contributed by atoms with Crippen LogP contribution in [0.15, 0.2) is 23.4 Å². The normalized spacial score (nSPS) is 23.1. The standard InChI is InChI=1S/C8H7F3N2/c9-8(10,11)7-3-6(13)2-1-5(7)4-12/h2-3,5H,1,13H2. The van der Waals surface area contributed by atoms with Crippen LogP contribution in [0.5, 0.6) is 0 Å². The molecule has 13 heavy (non-hydrogen) atoms. The molecule has 0 saturated carbocycles. The molecule has 1 atom stereocenters. The summed E-state index contributed by atoms with van der Waals surface area (Å²) in [5, 5.41) is 8.45. The van der Waals surface area contributed by atoms with E-state index in [9.17, 15) is 13.2 Å². The van der Waals surface area contributed by atoms with Crippen LogP contribution in [-0.2, 0) is 0 Å². The molecule has 0 fully saturated rings. The molecule has 5 heteroatoms. The summed E-state index contributed by atoms with van der Waals surface area (Å²) in [6.45, 7) is 0. The van der Waals surface area contributed by atoms with Gasteiger partial charge in [-0.2, -0.15) is 18.4 Å². The molecular weight excluding hydrogens is 181 g/mol. The van der Waals surface area contributed by atoms with Crippen molar-refractivity contribution in [3.63, 3.8) is 0 Å². The predicted molar refractivity (Wildman–Crippen MR) is 40.1 cm³/mol. The van der Waals surface area contributed by atoms with Gasteiger partial charge in [0.15, 0.2) is 0 Å². The Morgan fingerprint density at radius 3 is 2.62 bits per heavy atom. The summed E-state index contributed by atoms with van der Waals surface area (Å²) in [6.07, 6.45) is -2.19. The van der Waals surface area contributed by atoms with Crippen molar-refractivity contribution in [1.29, 1.82) is 5.26 Å². The lowest BCUT2D eigenvalue weighted by Crippen LogP contribution is -2.22. The summed E-state index contributed by atoms with van der Waals surface area (Å²) < 4.78 is 36.7. The van der Waals surface area contributed by atoms with Crippen LogP contribution in [-0.4, -0.2) is 6.18 Å². The van der Waals surface area contributed by atoms with Gasteiger partial charge in [0.05, 0.1) is 17.6 Å². The molecule has 0 saturated heterocycles. The summed E-state index contributed by atoms with van der Waals surface area (Å²) in [7, 11) is 0. The van der Waals surface area contributed by atoms with E-state index in [4.69, 9.17) is 11.0 Å². The van der Waals surface area contributed by atoms with Gasteiger partial charge in [-0.25, -0.2) is 0 Å². The van der Waals surface area contributed by atoms with Gasteiger partial charge < -0.3 is 5.73 Å². The minimum atomic E-state index is -4.46. The van der Waals surface area contributed by atoms with E-state index in [2.05, 4.69) is 0 Å². The molecule has 0 spiro atoms. The Balaban J connectivity index is 3.03. The molecular formula is C8H7F3N2. The third-order valence-electron chi connectivity index (χ3n) is 1.77. The zero-order valence-corrected chi connectivity index (χ0v) is 6.60. The Morgan fingerprint density at radius 1 is 1.54 bits per heavy atom. The van der Waals surface area contributed by atoms with Gasteiger partial charge >= 0.3 is 6.18 Å². The van der Waals surface area contributed by atoms with Crippen LogP contribution < -0.4 is 5.73 Å². The molecule has 70 valence electrons. The number of rotatable bonds is 0. The Kier molecular flexibility index (Phi) is 2.32. The van der Waals surface area contributed by atoms with E-state index < -0.39 is 17.7 Å². The Hall–Kier alpha value is -1.44. The van der Waals surface area contributed by atoms with Gasteiger partial charge in [-0.1, -0.05) is 6.08 Å². The quantitative estimate of drug-likeness (QED) is 0.630. The first kappa shape index (κ1) is 9.65. The molecule has 0 heterocycles. The van der Waals surface area contributed by atoms with Crippen molar-refractivity contribution in [3.8, 4) is 6.07 Å². The second-order valence-corrected chi connectivity index (χ2v) is 2.72. The number of nitrogens with zero attached hydrogens (tertiary/aromatic N) is 1. The molecule has 1 aliphatic rings. The molecule has 2 N–H and O–H groups in total. The number of hydrogen-bond acceptors (Lipinski definition) is 2. The molecule has 1 aliphatic carbocycles. The van der Waals surface area contributed by atoms with Gasteiger partial charge in [0.2, 0.25) is 0 Å².